The molecule has 0 fully saturated rings. The van der Waals surface area contributed by atoms with Gasteiger partial charge in [-0.2, -0.15) is 0 Å². The minimum Gasteiger partial charge on any atom is -0.354 e. The number of carbonyl (C=O) groups is 3. The fraction of sp³-hybridized carbons (Fsp3) is 0.273. The molecule has 2 aromatic rings. The van der Waals surface area contributed by atoms with Gasteiger partial charge in [-0.05, 0) is 48.7 Å². The number of anilines is 1. The minimum absolute atomic E-state index is 0.124. The summed E-state index contributed by atoms with van der Waals surface area (Å²) < 4.78 is 0. The molecule has 0 aromatic heterocycles. The zero-order valence-electron chi connectivity index (χ0n) is 16.2. The molecule has 1 N–H and O–H groups in total. The molecule has 0 unspecified atom stereocenters. The molecule has 0 spiro atoms. The van der Waals surface area contributed by atoms with E-state index < -0.39 is 5.92 Å². The molecule has 28 heavy (non-hydrogen) atoms. The first-order chi connectivity index (χ1) is 13.4. The van der Waals surface area contributed by atoms with Gasteiger partial charge in [-0.1, -0.05) is 24.3 Å². The molecule has 1 atom stereocenters. The van der Waals surface area contributed by atoms with Gasteiger partial charge in [-0.3, -0.25) is 19.4 Å². The van der Waals surface area contributed by atoms with Crippen LogP contribution in [0.4, 0.5) is 5.69 Å². The molecule has 1 heterocycles. The van der Waals surface area contributed by atoms with Gasteiger partial charge < -0.3 is 5.32 Å². The highest BCUT2D eigenvalue weighted by Crippen LogP contribution is 2.32. The highest BCUT2D eigenvalue weighted by atomic mass is 16.2. The van der Waals surface area contributed by atoms with Gasteiger partial charge in [0.05, 0.1) is 18.2 Å². The number of benzene rings is 2. The monoisotopic (exact) mass is 377 g/mol. The van der Waals surface area contributed by atoms with Crippen molar-refractivity contribution in [2.75, 3.05) is 18.0 Å². The van der Waals surface area contributed by atoms with E-state index in [-0.39, 0.29) is 17.7 Å². The average molecular weight is 377 g/mol. The van der Waals surface area contributed by atoms with Crippen LogP contribution in [0, 0.1) is 13.8 Å². The number of imide groups is 1. The molecule has 0 radical (unpaired) electrons. The first kappa shape index (κ1) is 19.5. The Balaban J connectivity index is 1.95. The van der Waals surface area contributed by atoms with Gasteiger partial charge in [0.1, 0.15) is 0 Å². The summed E-state index contributed by atoms with van der Waals surface area (Å²) in [5, 5.41) is 2.66. The largest absolute Gasteiger partial charge is 0.354 e. The summed E-state index contributed by atoms with van der Waals surface area (Å²) in [6, 6.07) is 12.7. The Morgan fingerprint density at radius 2 is 1.89 bits per heavy atom. The number of nitrogens with zero attached hydrogens (tertiary/aromatic N) is 2. The number of nitrogens with one attached hydrogen (secondary N) is 1. The van der Waals surface area contributed by atoms with E-state index in [1.54, 1.807) is 30.5 Å². The lowest BCUT2D eigenvalue weighted by atomic mass is 9.88. The minimum atomic E-state index is -0.646. The second-order valence-electron chi connectivity index (χ2n) is 6.85. The smallest absolute Gasteiger partial charge is 0.265 e. The standard InChI is InChI=1S/C22H23N3O3/c1-14-8-9-17(12-15(14)2)25-21(27)19-7-5-4-6-18(19)20(22(25)28)13-23-10-11-24-16(3)26/h4-9,12-13,20H,10-11H2,1-3H3,(H,24,26)/t20-/m0/s1. The number of aliphatic imine (C=N–C) groups is 1. The second kappa shape index (κ2) is 8.17. The third kappa shape index (κ3) is 3.86. The molecule has 1 aliphatic heterocycles. The highest BCUT2D eigenvalue weighted by Gasteiger charge is 2.38. The van der Waals surface area contributed by atoms with Crippen LogP contribution in [0.3, 0.4) is 0 Å². The number of rotatable bonds is 5. The van der Waals surface area contributed by atoms with E-state index in [4.69, 9.17) is 0 Å². The highest BCUT2D eigenvalue weighted by molar-refractivity contribution is 6.29. The topological polar surface area (TPSA) is 78.8 Å². The maximum atomic E-state index is 13.2. The van der Waals surface area contributed by atoms with Gasteiger partial charge in [0.25, 0.3) is 5.91 Å². The Bertz CT molecular complexity index is 965. The van der Waals surface area contributed by atoms with Crippen LogP contribution < -0.4 is 10.2 Å². The molecule has 6 nitrogen and oxygen atoms in total. The van der Waals surface area contributed by atoms with Crippen molar-refractivity contribution in [1.29, 1.82) is 0 Å². The Hall–Kier alpha value is -3.28. The van der Waals surface area contributed by atoms with Crippen molar-refractivity contribution in [3.8, 4) is 0 Å². The number of fused-ring (bicyclic) bond motifs is 1. The molecular weight excluding hydrogens is 354 g/mol. The van der Waals surface area contributed by atoms with Gasteiger partial charge in [0.2, 0.25) is 11.8 Å². The Morgan fingerprint density at radius 1 is 1.14 bits per heavy atom. The molecule has 0 saturated heterocycles. The van der Waals surface area contributed by atoms with Crippen LogP contribution in [0.2, 0.25) is 0 Å². The fourth-order valence-electron chi connectivity index (χ4n) is 3.19. The van der Waals surface area contributed by atoms with Crippen LogP contribution in [0.25, 0.3) is 0 Å². The van der Waals surface area contributed by atoms with Crippen LogP contribution in [-0.4, -0.2) is 37.0 Å². The average Bonchev–Trinajstić information content (AvgIpc) is 2.66. The van der Waals surface area contributed by atoms with E-state index >= 15 is 0 Å². The first-order valence-corrected chi connectivity index (χ1v) is 9.19. The van der Waals surface area contributed by atoms with Gasteiger partial charge >= 0.3 is 0 Å². The van der Waals surface area contributed by atoms with Crippen LogP contribution in [0.15, 0.2) is 47.5 Å². The number of aryl methyl sites for hydroxylation is 2. The van der Waals surface area contributed by atoms with Gasteiger partial charge in [0.15, 0.2) is 0 Å². The summed E-state index contributed by atoms with van der Waals surface area (Å²) in [4.78, 5) is 42.7. The van der Waals surface area contributed by atoms with Crippen molar-refractivity contribution in [2.24, 2.45) is 4.99 Å². The first-order valence-electron chi connectivity index (χ1n) is 9.19. The van der Waals surface area contributed by atoms with Gasteiger partial charge in [0, 0.05) is 25.2 Å². The molecular formula is C22H23N3O3. The number of amides is 3. The van der Waals surface area contributed by atoms with Gasteiger partial charge in [-0.25, -0.2) is 4.90 Å². The van der Waals surface area contributed by atoms with Crippen LogP contribution >= 0.6 is 0 Å². The van der Waals surface area contributed by atoms with E-state index in [1.807, 2.05) is 32.0 Å². The lowest BCUT2D eigenvalue weighted by Gasteiger charge is -2.31. The molecule has 0 bridgehead atoms. The SMILES string of the molecule is CC(=O)NCCN=C[C@@H]1C(=O)N(c2ccc(C)c(C)c2)C(=O)c2ccccc21. The molecule has 6 heteroatoms. The Morgan fingerprint density at radius 3 is 2.61 bits per heavy atom. The van der Waals surface area contributed by atoms with Crippen LogP contribution in [-0.2, 0) is 9.59 Å². The summed E-state index contributed by atoms with van der Waals surface area (Å²) in [7, 11) is 0. The molecule has 3 rings (SSSR count). The van der Waals surface area contributed by atoms with E-state index in [0.29, 0.717) is 29.9 Å². The zero-order chi connectivity index (χ0) is 20.3. The molecule has 3 amide bonds. The third-order valence-corrected chi connectivity index (χ3v) is 4.83. The van der Waals surface area contributed by atoms with E-state index in [1.165, 1.54) is 11.8 Å². The fourth-order valence-corrected chi connectivity index (χ4v) is 3.19. The zero-order valence-corrected chi connectivity index (χ0v) is 16.2. The molecule has 0 aliphatic carbocycles. The van der Waals surface area contributed by atoms with E-state index in [0.717, 1.165) is 11.1 Å². The molecule has 1 aliphatic rings. The van der Waals surface area contributed by atoms with Crippen molar-refractivity contribution in [2.45, 2.75) is 26.7 Å². The van der Waals surface area contributed by atoms with E-state index in [2.05, 4.69) is 10.3 Å². The number of hydrogen-bond donors (Lipinski definition) is 1. The van der Waals surface area contributed by atoms with Crippen molar-refractivity contribution in [3.63, 3.8) is 0 Å². The maximum absolute atomic E-state index is 13.2. The van der Waals surface area contributed by atoms with Crippen molar-refractivity contribution in [3.05, 3.63) is 64.7 Å². The molecule has 0 saturated carbocycles. The van der Waals surface area contributed by atoms with Crippen LogP contribution in [0.5, 0.6) is 0 Å². The normalized spacial score (nSPS) is 16.4. The third-order valence-electron chi connectivity index (χ3n) is 4.83. The van der Waals surface area contributed by atoms with Crippen molar-refractivity contribution < 1.29 is 14.4 Å². The second-order valence-corrected chi connectivity index (χ2v) is 6.85. The molecule has 2 aromatic carbocycles. The Labute approximate surface area is 164 Å². The summed E-state index contributed by atoms with van der Waals surface area (Å²) in [5.74, 6) is -1.42. The van der Waals surface area contributed by atoms with E-state index in [9.17, 15) is 14.4 Å². The van der Waals surface area contributed by atoms with Crippen molar-refractivity contribution >= 4 is 29.6 Å². The molecule has 144 valence electrons. The lowest BCUT2D eigenvalue weighted by Crippen LogP contribution is -2.45. The van der Waals surface area contributed by atoms with Crippen molar-refractivity contribution in [1.82, 2.24) is 5.32 Å². The lowest BCUT2D eigenvalue weighted by molar-refractivity contribution is -0.119. The summed E-state index contributed by atoms with van der Waals surface area (Å²) >= 11 is 0. The maximum Gasteiger partial charge on any atom is 0.265 e. The summed E-state index contributed by atoms with van der Waals surface area (Å²) in [6.45, 7) is 6.14. The van der Waals surface area contributed by atoms with Gasteiger partial charge in [-0.15, -0.1) is 0 Å². The number of hydrogen-bond acceptors (Lipinski definition) is 4. The predicted octanol–water partition coefficient (Wildman–Crippen LogP) is 2.78. The Kier molecular flexibility index (Phi) is 5.68. The van der Waals surface area contributed by atoms with Crippen LogP contribution in [0.1, 0.15) is 39.9 Å². The quantitative estimate of drug-likeness (QED) is 0.494. The summed E-state index contributed by atoms with van der Waals surface area (Å²) in [5.41, 5.74) is 3.82. The number of carbonyl (C=O) groups excluding carboxylic acids is 3. The summed E-state index contributed by atoms with van der Waals surface area (Å²) in [6.07, 6.45) is 1.57. The predicted molar refractivity (Wildman–Crippen MR) is 109 cm³/mol.